The molecule has 4 atom stereocenters. The third kappa shape index (κ3) is 6.20. The Morgan fingerprint density at radius 3 is 2.62 bits per heavy atom. The normalized spacial score (nSPS) is 24.5. The first-order chi connectivity index (χ1) is 24.2. The monoisotopic (exact) mass is 686 g/mol. The van der Waals surface area contributed by atoms with Gasteiger partial charge in [-0.05, 0) is 62.1 Å². The second kappa shape index (κ2) is 13.2. The van der Waals surface area contributed by atoms with Crippen LogP contribution in [0.1, 0.15) is 51.0 Å². The first kappa shape index (κ1) is 33.0. The lowest BCUT2D eigenvalue weighted by atomic mass is 9.96. The second-order valence-electron chi connectivity index (χ2n) is 14.5. The molecule has 50 heavy (non-hydrogen) atoms. The van der Waals surface area contributed by atoms with Crippen LogP contribution < -0.4 is 15.0 Å². The lowest BCUT2D eigenvalue weighted by Crippen LogP contribution is -2.51. The highest BCUT2D eigenvalue weighted by Gasteiger charge is 2.46. The van der Waals surface area contributed by atoms with Crippen LogP contribution in [0.2, 0.25) is 0 Å². The smallest absolute Gasteiger partial charge is 0.319 e. The summed E-state index contributed by atoms with van der Waals surface area (Å²) in [6.45, 7) is 6.07. The fourth-order valence-corrected chi connectivity index (χ4v) is 8.00. The van der Waals surface area contributed by atoms with Crippen LogP contribution in [0.25, 0.3) is 32.9 Å². The number of rotatable bonds is 10. The maximum absolute atomic E-state index is 16.9. The molecule has 4 aromatic rings. The molecule has 3 aliphatic heterocycles. The minimum atomic E-state index is -1.03. The molecule has 3 saturated heterocycles. The van der Waals surface area contributed by atoms with Gasteiger partial charge in [0.15, 0.2) is 5.82 Å². The summed E-state index contributed by atoms with van der Waals surface area (Å²) in [5.41, 5.74) is -0.171. The van der Waals surface area contributed by atoms with Crippen LogP contribution in [0.3, 0.4) is 0 Å². The van der Waals surface area contributed by atoms with E-state index in [9.17, 15) is 13.9 Å². The first-order valence-corrected chi connectivity index (χ1v) is 17.6. The summed E-state index contributed by atoms with van der Waals surface area (Å²) in [5, 5.41) is 15.3. The molecule has 4 aliphatic rings. The average molecular weight is 687 g/mol. The average Bonchev–Trinajstić information content (AvgIpc) is 3.79. The molecule has 0 amide bonds. The van der Waals surface area contributed by atoms with Gasteiger partial charge in [-0.25, -0.2) is 13.2 Å². The zero-order valence-corrected chi connectivity index (χ0v) is 28.1. The minimum absolute atomic E-state index is 0.00954. The van der Waals surface area contributed by atoms with Gasteiger partial charge in [0.2, 0.25) is 0 Å². The van der Waals surface area contributed by atoms with E-state index >= 15 is 4.39 Å². The number of benzene rings is 2. The number of halogens is 3. The highest BCUT2D eigenvalue weighted by molar-refractivity contribution is 6.03. The zero-order valence-electron chi connectivity index (χ0n) is 28.1. The highest BCUT2D eigenvalue weighted by Crippen LogP contribution is 2.47. The van der Waals surface area contributed by atoms with E-state index in [4.69, 9.17) is 20.9 Å². The van der Waals surface area contributed by atoms with E-state index in [1.807, 2.05) is 6.92 Å². The molecule has 12 heteroatoms. The molecule has 8 rings (SSSR count). The molecule has 2 aromatic carbocycles. The Balaban J connectivity index is 1.13. The number of phenols is 1. The molecule has 262 valence electrons. The van der Waals surface area contributed by atoms with Crippen molar-refractivity contribution in [2.24, 2.45) is 5.41 Å². The van der Waals surface area contributed by atoms with E-state index < -0.39 is 17.8 Å². The van der Waals surface area contributed by atoms with Crippen molar-refractivity contribution < 1.29 is 27.8 Å². The lowest BCUT2D eigenvalue weighted by Gasteiger charge is -2.36. The Labute approximate surface area is 289 Å². The Morgan fingerprint density at radius 1 is 1.10 bits per heavy atom. The number of terminal acetylenes is 1. The molecule has 4 unspecified atom stereocenters. The Bertz CT molecular complexity index is 1970. The van der Waals surface area contributed by atoms with Crippen molar-refractivity contribution in [3.05, 3.63) is 47.7 Å². The van der Waals surface area contributed by atoms with Crippen LogP contribution in [0.4, 0.5) is 19.0 Å². The number of aromatic nitrogens is 3. The number of fused-ring (bicyclic) bond motifs is 4. The van der Waals surface area contributed by atoms with Crippen LogP contribution >= 0.6 is 0 Å². The minimum Gasteiger partial charge on any atom is -0.508 e. The van der Waals surface area contributed by atoms with Gasteiger partial charge in [0, 0.05) is 74.0 Å². The number of likely N-dealkylation sites (tertiary alicyclic amines) is 1. The topological polar surface area (TPSA) is 95.9 Å². The van der Waals surface area contributed by atoms with Crippen molar-refractivity contribution in [3.63, 3.8) is 0 Å². The largest absolute Gasteiger partial charge is 0.508 e. The van der Waals surface area contributed by atoms with Gasteiger partial charge in [-0.3, -0.25) is 9.88 Å². The van der Waals surface area contributed by atoms with E-state index in [0.717, 1.165) is 38.6 Å². The van der Waals surface area contributed by atoms with E-state index in [2.05, 4.69) is 31.0 Å². The molecule has 1 aliphatic carbocycles. The number of piperidine rings is 1. The van der Waals surface area contributed by atoms with E-state index in [-0.39, 0.29) is 51.0 Å². The van der Waals surface area contributed by atoms with Crippen LogP contribution in [0.5, 0.6) is 11.8 Å². The molecule has 9 nitrogen and oxygen atoms in total. The van der Waals surface area contributed by atoms with Gasteiger partial charge in [0.1, 0.15) is 34.8 Å². The number of hydrogen-bond acceptors (Lipinski definition) is 9. The molecule has 1 saturated carbocycles. The van der Waals surface area contributed by atoms with Crippen LogP contribution in [0, 0.1) is 29.4 Å². The fourth-order valence-electron chi connectivity index (χ4n) is 8.00. The summed E-state index contributed by atoms with van der Waals surface area (Å²) in [6.07, 6.45) is 11.3. The highest BCUT2D eigenvalue weighted by atomic mass is 19.1. The molecule has 2 bridgehead atoms. The summed E-state index contributed by atoms with van der Waals surface area (Å²) in [7, 11) is 0. The van der Waals surface area contributed by atoms with E-state index in [0.29, 0.717) is 74.5 Å². The number of alkyl halides is 1. The number of pyridine rings is 1. The Morgan fingerprint density at radius 2 is 1.90 bits per heavy atom. The maximum atomic E-state index is 16.9. The van der Waals surface area contributed by atoms with Crippen molar-refractivity contribution in [3.8, 4) is 35.4 Å². The van der Waals surface area contributed by atoms with Gasteiger partial charge in [-0.2, -0.15) is 9.97 Å². The fraction of sp³-hybridized carbons (Fsp3) is 0.500. The Hall–Kier alpha value is -4.18. The summed E-state index contributed by atoms with van der Waals surface area (Å²) < 4.78 is 58.7. The van der Waals surface area contributed by atoms with E-state index in [1.54, 1.807) is 0 Å². The third-order valence-electron chi connectivity index (χ3n) is 10.7. The predicted molar refractivity (Wildman–Crippen MR) is 185 cm³/mol. The third-order valence-corrected chi connectivity index (χ3v) is 10.7. The van der Waals surface area contributed by atoms with Crippen molar-refractivity contribution in [1.29, 1.82) is 0 Å². The van der Waals surface area contributed by atoms with Gasteiger partial charge in [-0.1, -0.05) is 18.9 Å². The summed E-state index contributed by atoms with van der Waals surface area (Å²) in [5.74, 6) is 1.40. The molecule has 0 spiro atoms. The standard InChI is InChI=1S/C38H41F3N6O3/c1-3-13-49-31-9-12-46(19-30(31)40)20-38(10-11-38)21-50-37-44-35-28(36(45-37)47-17-23-6-7-24(18-47)43-23)16-42-34(33(35)41)27-15-25(48)14-22-5-8-29(39)26(4-2)32(22)27/h2,5,8,14-16,23-24,30-31,43,48H,3,6-7,9-13,17-21H2,1H3. The number of anilines is 1. The SMILES string of the molecule is C#Cc1c(F)ccc2cc(O)cc(-c3ncc4c(N5CC6CCC(C5)N6)nc(OCC5(CN6CCC(OCCC)C(F)C6)CC5)nc4c3F)c12. The number of piperazine rings is 1. The van der Waals surface area contributed by atoms with Crippen LogP contribution in [0.15, 0.2) is 30.5 Å². The van der Waals surface area contributed by atoms with Crippen molar-refractivity contribution in [1.82, 2.24) is 25.2 Å². The quantitative estimate of drug-likeness (QED) is 0.202. The van der Waals surface area contributed by atoms with Crippen LogP contribution in [-0.2, 0) is 4.74 Å². The number of nitrogens with one attached hydrogen (secondary N) is 1. The van der Waals surface area contributed by atoms with Gasteiger partial charge >= 0.3 is 6.01 Å². The van der Waals surface area contributed by atoms with Gasteiger partial charge in [0.25, 0.3) is 0 Å². The number of hydrogen-bond donors (Lipinski definition) is 2. The zero-order chi connectivity index (χ0) is 34.6. The predicted octanol–water partition coefficient (Wildman–Crippen LogP) is 5.75. The number of phenolic OH excluding ortho intramolecular Hbond substituents is 1. The summed E-state index contributed by atoms with van der Waals surface area (Å²) >= 11 is 0. The molecule has 5 heterocycles. The molecular formula is C38H41F3N6O3. The van der Waals surface area contributed by atoms with Crippen LogP contribution in [-0.4, -0.2) is 95.3 Å². The molecule has 4 fully saturated rings. The van der Waals surface area contributed by atoms with Gasteiger partial charge in [-0.15, -0.1) is 6.42 Å². The Kier molecular flexibility index (Phi) is 8.69. The van der Waals surface area contributed by atoms with Crippen molar-refractivity contribution in [2.45, 2.75) is 69.8 Å². The van der Waals surface area contributed by atoms with Gasteiger partial charge < -0.3 is 24.8 Å². The molecule has 2 aromatic heterocycles. The van der Waals surface area contributed by atoms with Crippen molar-refractivity contribution >= 4 is 27.5 Å². The molecule has 2 N–H and O–H groups in total. The molecule has 0 radical (unpaired) electrons. The molecular weight excluding hydrogens is 645 g/mol. The first-order valence-electron chi connectivity index (χ1n) is 17.6. The second-order valence-corrected chi connectivity index (χ2v) is 14.5. The number of aromatic hydroxyl groups is 1. The van der Waals surface area contributed by atoms with Crippen molar-refractivity contribution in [2.75, 3.05) is 50.8 Å². The number of nitrogens with zero attached hydrogens (tertiary/aromatic N) is 5. The number of ether oxygens (including phenoxy) is 2. The maximum Gasteiger partial charge on any atom is 0.319 e. The summed E-state index contributed by atoms with van der Waals surface area (Å²) in [6, 6.07) is 6.14. The van der Waals surface area contributed by atoms with Gasteiger partial charge in [0.05, 0.1) is 23.7 Å². The van der Waals surface area contributed by atoms with E-state index in [1.165, 1.54) is 30.5 Å². The lowest BCUT2D eigenvalue weighted by molar-refractivity contribution is -0.0500. The summed E-state index contributed by atoms with van der Waals surface area (Å²) in [4.78, 5) is 18.3.